The number of thiophene rings is 2. The van der Waals surface area contributed by atoms with Gasteiger partial charge in [-0.25, -0.2) is 22.9 Å². The number of aromatic nitrogens is 1. The number of hydrogen-bond acceptors (Lipinski definition) is 8. The Hall–Kier alpha value is -1.59. The molecule has 0 atom stereocenters. The number of aryl methyl sites for hydroxylation is 1. The molecule has 6 nitrogen and oxygen atoms in total. The number of thiazole rings is 1. The molecule has 0 aromatic carbocycles. The number of methoxy groups -OCH3 is 1. The van der Waals surface area contributed by atoms with E-state index in [2.05, 4.69) is 14.4 Å². The number of nitrogens with one attached hydrogen (secondary N) is 1. The molecule has 0 saturated carbocycles. The average Bonchev–Trinajstić information content (AvgIpc) is 3.33. The van der Waals surface area contributed by atoms with Crippen molar-refractivity contribution in [3.8, 4) is 10.6 Å². The van der Waals surface area contributed by atoms with Crippen LogP contribution in [0, 0.1) is 6.92 Å². The number of esters is 1. The smallest absolute Gasteiger partial charge is 0.349 e. The summed E-state index contributed by atoms with van der Waals surface area (Å²) in [7, 11) is -2.54. The second kappa shape index (κ2) is 7.97. The molecule has 0 bridgehead atoms. The normalized spacial score (nSPS) is 11.6. The first-order chi connectivity index (χ1) is 12.4. The van der Waals surface area contributed by atoms with Gasteiger partial charge in [-0.3, -0.25) is 0 Å². The molecule has 26 heavy (non-hydrogen) atoms. The minimum absolute atomic E-state index is 0.0424. The molecule has 0 fully saturated rings. The van der Waals surface area contributed by atoms with Gasteiger partial charge in [0.25, 0.3) is 0 Å². The standard InChI is InChI=1S/C16H16N2O4S4/c1-10-18-12(9-24-10)13-4-3-11(25-13)5-7-17-26(20,21)14-6-8-23-15(14)16(19)22-2/h3-4,6,8-9,17H,5,7H2,1-2H3. The van der Waals surface area contributed by atoms with E-state index in [1.165, 1.54) is 13.2 Å². The molecule has 0 aliphatic rings. The van der Waals surface area contributed by atoms with Crippen LogP contribution in [-0.4, -0.2) is 33.0 Å². The quantitative estimate of drug-likeness (QED) is 0.582. The summed E-state index contributed by atoms with van der Waals surface area (Å²) < 4.78 is 32.0. The van der Waals surface area contributed by atoms with Gasteiger partial charge in [0.05, 0.1) is 22.7 Å². The maximum Gasteiger partial charge on any atom is 0.349 e. The third-order valence-electron chi connectivity index (χ3n) is 3.49. The predicted molar refractivity (Wildman–Crippen MR) is 105 cm³/mol. The Balaban J connectivity index is 1.64. The molecule has 0 radical (unpaired) electrons. The van der Waals surface area contributed by atoms with Crippen molar-refractivity contribution in [3.63, 3.8) is 0 Å². The third kappa shape index (κ3) is 4.21. The van der Waals surface area contributed by atoms with E-state index < -0.39 is 16.0 Å². The molecule has 3 aromatic rings. The molecule has 0 saturated heterocycles. The SMILES string of the molecule is COC(=O)c1sccc1S(=O)(=O)NCCc1ccc(-c2csc(C)n2)s1. The van der Waals surface area contributed by atoms with Gasteiger partial charge in [-0.2, -0.15) is 0 Å². The number of hydrogen-bond donors (Lipinski definition) is 1. The molecule has 10 heteroatoms. The Morgan fingerprint density at radius 3 is 2.77 bits per heavy atom. The van der Waals surface area contributed by atoms with Crippen LogP contribution < -0.4 is 4.72 Å². The molecule has 0 unspecified atom stereocenters. The number of sulfonamides is 1. The highest BCUT2D eigenvalue weighted by molar-refractivity contribution is 7.89. The van der Waals surface area contributed by atoms with Gasteiger partial charge in [0.1, 0.15) is 9.77 Å². The molecule has 3 aromatic heterocycles. The summed E-state index contributed by atoms with van der Waals surface area (Å²) in [5, 5.41) is 4.58. The summed E-state index contributed by atoms with van der Waals surface area (Å²) >= 11 is 4.24. The molecular formula is C16H16N2O4S4. The van der Waals surface area contributed by atoms with Gasteiger partial charge in [-0.15, -0.1) is 34.0 Å². The van der Waals surface area contributed by atoms with Crippen LogP contribution in [0.1, 0.15) is 19.6 Å². The Morgan fingerprint density at radius 1 is 1.27 bits per heavy atom. The van der Waals surface area contributed by atoms with Crippen LogP contribution in [0.4, 0.5) is 0 Å². The number of nitrogens with zero attached hydrogens (tertiary/aromatic N) is 1. The van der Waals surface area contributed by atoms with Crippen LogP contribution in [0.5, 0.6) is 0 Å². The van der Waals surface area contributed by atoms with Crippen molar-refractivity contribution in [2.75, 3.05) is 13.7 Å². The zero-order valence-corrected chi connectivity index (χ0v) is 17.3. The maximum absolute atomic E-state index is 12.4. The number of ether oxygens (including phenoxy) is 1. The zero-order valence-electron chi connectivity index (χ0n) is 14.0. The van der Waals surface area contributed by atoms with E-state index in [-0.39, 0.29) is 16.3 Å². The van der Waals surface area contributed by atoms with Crippen molar-refractivity contribution in [2.24, 2.45) is 0 Å². The summed E-state index contributed by atoms with van der Waals surface area (Å²) in [5.74, 6) is -0.651. The summed E-state index contributed by atoms with van der Waals surface area (Å²) in [4.78, 5) is 18.3. The molecule has 1 N–H and O–H groups in total. The highest BCUT2D eigenvalue weighted by atomic mass is 32.2. The molecule has 138 valence electrons. The first-order valence-electron chi connectivity index (χ1n) is 7.57. The van der Waals surface area contributed by atoms with Crippen LogP contribution in [0.3, 0.4) is 0 Å². The fourth-order valence-electron chi connectivity index (χ4n) is 2.26. The largest absolute Gasteiger partial charge is 0.465 e. The number of carbonyl (C=O) groups is 1. The minimum Gasteiger partial charge on any atom is -0.465 e. The lowest BCUT2D eigenvalue weighted by Gasteiger charge is -2.06. The van der Waals surface area contributed by atoms with Crippen LogP contribution in [0.15, 0.2) is 33.9 Å². The average molecular weight is 429 g/mol. The lowest BCUT2D eigenvalue weighted by molar-refractivity contribution is 0.0602. The van der Waals surface area contributed by atoms with Gasteiger partial charge in [-0.05, 0) is 36.9 Å². The molecule has 0 amide bonds. The van der Waals surface area contributed by atoms with Crippen molar-refractivity contribution < 1.29 is 17.9 Å². The summed E-state index contributed by atoms with van der Waals surface area (Å²) in [5.41, 5.74) is 0.949. The topological polar surface area (TPSA) is 85.4 Å². The zero-order chi connectivity index (χ0) is 18.7. The van der Waals surface area contributed by atoms with Crippen LogP contribution >= 0.6 is 34.0 Å². The van der Waals surface area contributed by atoms with Gasteiger partial charge in [0.15, 0.2) is 0 Å². The molecular weight excluding hydrogens is 412 g/mol. The van der Waals surface area contributed by atoms with E-state index >= 15 is 0 Å². The van der Waals surface area contributed by atoms with Crippen LogP contribution in [0.25, 0.3) is 10.6 Å². The van der Waals surface area contributed by atoms with E-state index in [4.69, 9.17) is 0 Å². The summed E-state index contributed by atoms with van der Waals surface area (Å²) in [6.07, 6.45) is 0.560. The minimum atomic E-state index is -3.76. The van der Waals surface area contributed by atoms with E-state index in [9.17, 15) is 13.2 Å². The van der Waals surface area contributed by atoms with E-state index in [0.717, 1.165) is 31.8 Å². The first kappa shape index (κ1) is 19.2. The van der Waals surface area contributed by atoms with Crippen molar-refractivity contribution in [1.29, 1.82) is 0 Å². The van der Waals surface area contributed by atoms with Crippen molar-refractivity contribution in [2.45, 2.75) is 18.2 Å². The highest BCUT2D eigenvalue weighted by Crippen LogP contribution is 2.29. The van der Waals surface area contributed by atoms with E-state index in [0.29, 0.717) is 6.42 Å². The summed E-state index contributed by atoms with van der Waals surface area (Å²) in [6, 6.07) is 5.39. The van der Waals surface area contributed by atoms with Crippen molar-refractivity contribution in [3.05, 3.63) is 43.7 Å². The van der Waals surface area contributed by atoms with Crippen LogP contribution in [-0.2, 0) is 21.2 Å². The highest BCUT2D eigenvalue weighted by Gasteiger charge is 2.24. The Morgan fingerprint density at radius 2 is 2.08 bits per heavy atom. The Kier molecular flexibility index (Phi) is 5.88. The second-order valence-electron chi connectivity index (χ2n) is 5.27. The Bertz CT molecular complexity index is 1020. The van der Waals surface area contributed by atoms with E-state index in [1.54, 1.807) is 28.1 Å². The molecule has 0 aliphatic heterocycles. The number of rotatable bonds is 7. The van der Waals surface area contributed by atoms with Gasteiger partial charge in [0.2, 0.25) is 10.0 Å². The maximum atomic E-state index is 12.4. The fraction of sp³-hybridized carbons (Fsp3) is 0.250. The summed E-state index contributed by atoms with van der Waals surface area (Å²) in [6.45, 7) is 2.21. The van der Waals surface area contributed by atoms with Crippen molar-refractivity contribution in [1.82, 2.24) is 9.71 Å². The molecule has 3 rings (SSSR count). The second-order valence-corrected chi connectivity index (χ2v) is 10.2. The first-order valence-corrected chi connectivity index (χ1v) is 11.6. The van der Waals surface area contributed by atoms with Crippen LogP contribution in [0.2, 0.25) is 0 Å². The van der Waals surface area contributed by atoms with E-state index in [1.807, 2.05) is 24.4 Å². The lowest BCUT2D eigenvalue weighted by atomic mass is 10.3. The Labute approximate surface area is 163 Å². The van der Waals surface area contributed by atoms with Crippen molar-refractivity contribution >= 4 is 50.0 Å². The van der Waals surface area contributed by atoms with Gasteiger partial charge in [0, 0.05) is 16.8 Å². The van der Waals surface area contributed by atoms with Gasteiger partial charge >= 0.3 is 5.97 Å². The monoisotopic (exact) mass is 428 g/mol. The third-order valence-corrected chi connectivity index (χ3v) is 7.95. The molecule has 0 aliphatic carbocycles. The predicted octanol–water partition coefficient (Wildman–Crippen LogP) is 3.55. The number of carbonyl (C=O) groups excluding carboxylic acids is 1. The molecule has 0 spiro atoms. The van der Waals surface area contributed by atoms with Gasteiger partial charge < -0.3 is 4.74 Å². The van der Waals surface area contributed by atoms with Gasteiger partial charge in [-0.1, -0.05) is 0 Å². The molecule has 3 heterocycles. The lowest BCUT2D eigenvalue weighted by Crippen LogP contribution is -2.26. The fourth-order valence-corrected chi connectivity index (χ4v) is 6.28.